The third kappa shape index (κ3) is 3.74. The molecular formula is C13H11BrF3NOS. The van der Waals surface area contributed by atoms with Gasteiger partial charge in [0, 0.05) is 4.88 Å². The van der Waals surface area contributed by atoms with Crippen molar-refractivity contribution in [1.82, 2.24) is 0 Å². The fourth-order valence-electron chi connectivity index (χ4n) is 1.68. The molecule has 0 saturated carbocycles. The van der Waals surface area contributed by atoms with Crippen molar-refractivity contribution in [2.24, 2.45) is 5.73 Å². The van der Waals surface area contributed by atoms with Gasteiger partial charge in [0.1, 0.15) is 5.75 Å². The van der Waals surface area contributed by atoms with E-state index in [1.54, 1.807) is 0 Å². The molecule has 1 aromatic carbocycles. The lowest BCUT2D eigenvalue weighted by molar-refractivity contribution is -0.274. The van der Waals surface area contributed by atoms with Gasteiger partial charge in [0.15, 0.2) is 0 Å². The summed E-state index contributed by atoms with van der Waals surface area (Å²) in [4.78, 5) is 0.943. The third-order valence-electron chi connectivity index (χ3n) is 2.66. The Balaban J connectivity index is 2.17. The van der Waals surface area contributed by atoms with E-state index in [0.29, 0.717) is 0 Å². The van der Waals surface area contributed by atoms with Crippen molar-refractivity contribution in [3.05, 3.63) is 50.1 Å². The normalized spacial score (nSPS) is 13.3. The Morgan fingerprint density at radius 2 is 1.85 bits per heavy atom. The Kier molecular flexibility index (Phi) is 4.41. The Morgan fingerprint density at radius 1 is 1.25 bits per heavy atom. The summed E-state index contributed by atoms with van der Waals surface area (Å²) in [6.07, 6.45) is -4.68. The van der Waals surface area contributed by atoms with Crippen LogP contribution in [-0.2, 0) is 0 Å². The summed E-state index contributed by atoms with van der Waals surface area (Å²) in [6.45, 7) is 1.96. The van der Waals surface area contributed by atoms with Crippen LogP contribution in [0.2, 0.25) is 0 Å². The Bertz CT molecular complexity index is 575. The first-order valence-corrected chi connectivity index (χ1v) is 7.24. The Hall–Kier alpha value is -1.05. The molecule has 1 aromatic heterocycles. The van der Waals surface area contributed by atoms with Gasteiger partial charge in [0.25, 0.3) is 0 Å². The highest BCUT2D eigenvalue weighted by atomic mass is 79.9. The molecule has 0 aliphatic carbocycles. The number of ether oxygens (including phenoxy) is 1. The minimum atomic E-state index is -4.68. The van der Waals surface area contributed by atoms with Crippen LogP contribution in [-0.4, -0.2) is 6.36 Å². The van der Waals surface area contributed by atoms with E-state index in [1.807, 2.05) is 13.0 Å². The SMILES string of the molecule is Cc1cc([C@H](N)c2ccc(OC(F)(F)F)cc2)sc1Br. The summed E-state index contributed by atoms with van der Waals surface area (Å²) in [5, 5.41) is 0. The zero-order valence-corrected chi connectivity index (χ0v) is 12.8. The summed E-state index contributed by atoms with van der Waals surface area (Å²) in [6, 6.07) is 7.18. The van der Waals surface area contributed by atoms with E-state index >= 15 is 0 Å². The van der Waals surface area contributed by atoms with Crippen molar-refractivity contribution >= 4 is 27.3 Å². The molecule has 0 saturated heterocycles. The highest BCUT2D eigenvalue weighted by Gasteiger charge is 2.31. The fraction of sp³-hybridized carbons (Fsp3) is 0.231. The van der Waals surface area contributed by atoms with Gasteiger partial charge < -0.3 is 10.5 Å². The second-order valence-corrected chi connectivity index (χ2v) is 6.60. The number of hydrogen-bond donors (Lipinski definition) is 1. The predicted molar refractivity (Wildman–Crippen MR) is 75.9 cm³/mol. The van der Waals surface area contributed by atoms with Crippen LogP contribution in [0.4, 0.5) is 13.2 Å². The summed E-state index contributed by atoms with van der Waals surface area (Å²) < 4.78 is 41.0. The number of benzene rings is 1. The number of nitrogens with two attached hydrogens (primary N) is 1. The van der Waals surface area contributed by atoms with E-state index < -0.39 is 6.36 Å². The molecule has 0 bridgehead atoms. The van der Waals surface area contributed by atoms with E-state index in [4.69, 9.17) is 5.73 Å². The zero-order chi connectivity index (χ0) is 14.9. The van der Waals surface area contributed by atoms with Crippen molar-refractivity contribution in [2.75, 3.05) is 0 Å². The molecule has 0 aliphatic rings. The second-order valence-electron chi connectivity index (χ2n) is 4.20. The van der Waals surface area contributed by atoms with Gasteiger partial charge in [-0.25, -0.2) is 0 Å². The monoisotopic (exact) mass is 365 g/mol. The van der Waals surface area contributed by atoms with Crippen molar-refractivity contribution in [2.45, 2.75) is 19.3 Å². The van der Waals surface area contributed by atoms with Crippen LogP contribution in [0.1, 0.15) is 22.0 Å². The molecule has 2 N–H and O–H groups in total. The van der Waals surface area contributed by atoms with Crippen molar-refractivity contribution in [3.63, 3.8) is 0 Å². The number of halogens is 4. The first-order valence-electron chi connectivity index (χ1n) is 5.63. The summed E-state index contributed by atoms with van der Waals surface area (Å²) in [7, 11) is 0. The van der Waals surface area contributed by atoms with Crippen LogP contribution in [0.25, 0.3) is 0 Å². The molecule has 1 heterocycles. The molecule has 0 fully saturated rings. The third-order valence-corrected chi connectivity index (χ3v) is 4.88. The summed E-state index contributed by atoms with van der Waals surface area (Å²) in [5.41, 5.74) is 7.91. The average molecular weight is 366 g/mol. The molecule has 0 radical (unpaired) electrons. The van der Waals surface area contributed by atoms with E-state index in [0.717, 1.165) is 19.8 Å². The standard InChI is InChI=1S/C13H11BrF3NOS/c1-7-6-10(20-12(7)14)11(18)8-2-4-9(5-3-8)19-13(15,16)17/h2-6,11H,18H2,1H3/t11-/m1/s1. The van der Waals surface area contributed by atoms with E-state index in [1.165, 1.54) is 35.6 Å². The molecule has 0 aliphatic heterocycles. The lowest BCUT2D eigenvalue weighted by atomic mass is 10.1. The summed E-state index contributed by atoms with van der Waals surface area (Å²) in [5.74, 6) is -0.253. The van der Waals surface area contributed by atoms with Gasteiger partial charge >= 0.3 is 6.36 Å². The predicted octanol–water partition coefficient (Wildman–Crippen LogP) is 4.77. The van der Waals surface area contributed by atoms with Gasteiger partial charge in [-0.1, -0.05) is 12.1 Å². The highest BCUT2D eigenvalue weighted by molar-refractivity contribution is 9.11. The number of aryl methyl sites for hydroxylation is 1. The van der Waals surface area contributed by atoms with Gasteiger partial charge in [0.05, 0.1) is 9.83 Å². The van der Waals surface area contributed by atoms with Gasteiger partial charge in [-0.3, -0.25) is 0 Å². The van der Waals surface area contributed by atoms with E-state index in [9.17, 15) is 13.2 Å². The Labute approximate surface area is 126 Å². The molecular weight excluding hydrogens is 355 g/mol. The molecule has 0 spiro atoms. The number of rotatable bonds is 3. The number of hydrogen-bond acceptors (Lipinski definition) is 3. The van der Waals surface area contributed by atoms with Gasteiger partial charge in [-0.05, 0) is 52.2 Å². The van der Waals surface area contributed by atoms with Crippen molar-refractivity contribution in [3.8, 4) is 5.75 Å². The van der Waals surface area contributed by atoms with Crippen LogP contribution in [0.15, 0.2) is 34.1 Å². The molecule has 7 heteroatoms. The van der Waals surface area contributed by atoms with Gasteiger partial charge in [-0.15, -0.1) is 24.5 Å². The second kappa shape index (κ2) is 5.75. The largest absolute Gasteiger partial charge is 0.573 e. The number of alkyl halides is 3. The first-order chi connectivity index (χ1) is 9.26. The molecule has 2 aromatic rings. The van der Waals surface area contributed by atoms with E-state index in [2.05, 4.69) is 20.7 Å². The lowest BCUT2D eigenvalue weighted by Gasteiger charge is -2.12. The highest BCUT2D eigenvalue weighted by Crippen LogP contribution is 2.33. The fourth-order valence-corrected chi connectivity index (χ4v) is 3.28. The minimum absolute atomic E-state index is 0.253. The van der Waals surface area contributed by atoms with Crippen LogP contribution >= 0.6 is 27.3 Å². The van der Waals surface area contributed by atoms with Crippen LogP contribution in [0.5, 0.6) is 5.75 Å². The first kappa shape index (κ1) is 15.3. The molecule has 1 atom stereocenters. The minimum Gasteiger partial charge on any atom is -0.406 e. The quantitative estimate of drug-likeness (QED) is 0.850. The molecule has 0 amide bonds. The van der Waals surface area contributed by atoms with Crippen LogP contribution < -0.4 is 10.5 Å². The zero-order valence-electron chi connectivity index (χ0n) is 10.4. The molecule has 108 valence electrons. The summed E-state index contributed by atoms with van der Waals surface area (Å²) >= 11 is 4.93. The van der Waals surface area contributed by atoms with Crippen LogP contribution in [0.3, 0.4) is 0 Å². The van der Waals surface area contributed by atoms with Crippen molar-refractivity contribution < 1.29 is 17.9 Å². The van der Waals surface area contributed by atoms with Crippen LogP contribution in [0, 0.1) is 6.92 Å². The molecule has 20 heavy (non-hydrogen) atoms. The van der Waals surface area contributed by atoms with E-state index in [-0.39, 0.29) is 11.8 Å². The molecule has 2 rings (SSSR count). The van der Waals surface area contributed by atoms with Crippen molar-refractivity contribution in [1.29, 1.82) is 0 Å². The van der Waals surface area contributed by atoms with Gasteiger partial charge in [-0.2, -0.15) is 0 Å². The molecule has 2 nitrogen and oxygen atoms in total. The topological polar surface area (TPSA) is 35.2 Å². The van der Waals surface area contributed by atoms with Gasteiger partial charge in [0.2, 0.25) is 0 Å². The maximum Gasteiger partial charge on any atom is 0.573 e. The lowest BCUT2D eigenvalue weighted by Crippen LogP contribution is -2.17. The number of thiophene rings is 1. The smallest absolute Gasteiger partial charge is 0.406 e. The Morgan fingerprint density at radius 3 is 2.30 bits per heavy atom. The molecule has 0 unspecified atom stereocenters. The maximum atomic E-state index is 12.1. The maximum absolute atomic E-state index is 12.1. The average Bonchev–Trinajstić information content (AvgIpc) is 2.68.